The average Bonchev–Trinajstić information content (AvgIpc) is 3.26. The topological polar surface area (TPSA) is 96.3 Å². The minimum atomic E-state index is -0.511. The lowest BCUT2D eigenvalue weighted by Gasteiger charge is -2.29. The van der Waals surface area contributed by atoms with E-state index in [-0.39, 0.29) is 22.8 Å². The van der Waals surface area contributed by atoms with Crippen LogP contribution in [0.2, 0.25) is 0 Å². The van der Waals surface area contributed by atoms with Gasteiger partial charge in [-0.15, -0.1) is 15.3 Å². The summed E-state index contributed by atoms with van der Waals surface area (Å²) in [5, 5.41) is 30.5. The van der Waals surface area contributed by atoms with Gasteiger partial charge in [0.05, 0.1) is 19.0 Å². The zero-order chi connectivity index (χ0) is 22.1. The number of nitrogens with zero attached hydrogens (tertiary/aromatic N) is 5. The number of aromatic nitrogens is 4. The first kappa shape index (κ1) is 20.6. The maximum atomic E-state index is 14.9. The van der Waals surface area contributed by atoms with E-state index in [0.717, 1.165) is 25.3 Å². The molecule has 0 bridgehead atoms. The van der Waals surface area contributed by atoms with Crippen LogP contribution in [0.3, 0.4) is 0 Å². The molecule has 1 atom stereocenters. The van der Waals surface area contributed by atoms with E-state index < -0.39 is 5.82 Å². The van der Waals surface area contributed by atoms with Gasteiger partial charge >= 0.3 is 0 Å². The molecule has 1 saturated heterocycles. The minimum absolute atomic E-state index is 0.0924. The Morgan fingerprint density at radius 3 is 2.66 bits per heavy atom. The number of halogens is 1. The molecule has 3 aromatic rings. The number of benzene rings is 1. The van der Waals surface area contributed by atoms with Crippen LogP contribution in [-0.4, -0.2) is 57.8 Å². The number of aromatic hydroxyl groups is 1. The Bertz CT molecular complexity index is 1110. The number of nitrogens with one attached hydrogen (secondary N) is 1. The van der Waals surface area contributed by atoms with Crippen LogP contribution in [-0.2, 0) is 0 Å². The van der Waals surface area contributed by atoms with Gasteiger partial charge in [0, 0.05) is 47.9 Å². The molecule has 1 aromatic carbocycles. The highest BCUT2D eigenvalue weighted by atomic mass is 19.1. The monoisotopic (exact) mass is 436 g/mol. The lowest BCUT2D eigenvalue weighted by molar-refractivity contribution is 0.311. The number of hydrogen-bond donors (Lipinski definition) is 2. The van der Waals surface area contributed by atoms with Gasteiger partial charge in [0.25, 0.3) is 0 Å². The summed E-state index contributed by atoms with van der Waals surface area (Å²) in [7, 11) is 1.46. The molecule has 1 aliphatic carbocycles. The third kappa shape index (κ3) is 4.08. The van der Waals surface area contributed by atoms with Gasteiger partial charge in [-0.05, 0) is 43.5 Å². The molecular formula is C23H25FN6O2. The highest BCUT2D eigenvalue weighted by Crippen LogP contribution is 2.35. The molecule has 2 aliphatic rings. The first-order chi connectivity index (χ1) is 15.6. The van der Waals surface area contributed by atoms with Gasteiger partial charge in [-0.25, -0.2) is 4.39 Å². The van der Waals surface area contributed by atoms with Gasteiger partial charge in [0.1, 0.15) is 11.6 Å². The van der Waals surface area contributed by atoms with Crippen molar-refractivity contribution in [1.29, 1.82) is 0 Å². The highest BCUT2D eigenvalue weighted by molar-refractivity contribution is 5.75. The summed E-state index contributed by atoms with van der Waals surface area (Å²) < 4.78 is 19.9. The van der Waals surface area contributed by atoms with Gasteiger partial charge in [-0.3, -0.25) is 0 Å². The van der Waals surface area contributed by atoms with Crippen LogP contribution in [0.25, 0.3) is 22.4 Å². The molecular weight excluding hydrogens is 411 g/mol. The van der Waals surface area contributed by atoms with E-state index in [1.807, 2.05) is 6.07 Å². The third-order valence-corrected chi connectivity index (χ3v) is 6.25. The van der Waals surface area contributed by atoms with Gasteiger partial charge in [0.15, 0.2) is 5.82 Å². The van der Waals surface area contributed by atoms with E-state index >= 15 is 0 Å². The summed E-state index contributed by atoms with van der Waals surface area (Å²) >= 11 is 0. The molecule has 0 radical (unpaired) electrons. The quantitative estimate of drug-likeness (QED) is 0.608. The normalized spacial score (nSPS) is 18.6. The largest absolute Gasteiger partial charge is 0.507 e. The predicted molar refractivity (Wildman–Crippen MR) is 118 cm³/mol. The van der Waals surface area contributed by atoms with Crippen LogP contribution in [0.1, 0.15) is 25.7 Å². The Labute approximate surface area is 185 Å². The highest BCUT2D eigenvalue weighted by Gasteiger charge is 2.28. The summed E-state index contributed by atoms with van der Waals surface area (Å²) in [5.74, 6) is 0.450. The number of phenols is 1. The number of hydrogen-bond acceptors (Lipinski definition) is 8. The molecule has 0 unspecified atom stereocenters. The lowest BCUT2D eigenvalue weighted by atomic mass is 9.92. The molecule has 1 saturated carbocycles. The van der Waals surface area contributed by atoms with Crippen molar-refractivity contribution in [2.24, 2.45) is 0 Å². The molecule has 2 N–H and O–H groups in total. The number of anilines is 1. The Morgan fingerprint density at radius 2 is 1.94 bits per heavy atom. The molecule has 166 valence electrons. The van der Waals surface area contributed by atoms with Crippen molar-refractivity contribution in [2.45, 2.75) is 37.8 Å². The maximum absolute atomic E-state index is 14.9. The first-order valence-electron chi connectivity index (χ1n) is 10.9. The van der Waals surface area contributed by atoms with Crippen molar-refractivity contribution in [3.63, 3.8) is 0 Å². The van der Waals surface area contributed by atoms with Crippen LogP contribution in [0.5, 0.6) is 11.6 Å². The van der Waals surface area contributed by atoms with Crippen molar-refractivity contribution in [3.8, 4) is 34.0 Å². The van der Waals surface area contributed by atoms with Gasteiger partial charge in [-0.1, -0.05) is 6.42 Å². The van der Waals surface area contributed by atoms with Gasteiger partial charge in [0.2, 0.25) is 5.88 Å². The SMILES string of the molecule is COc1cc(-c2cc(O)c(-c3ccc(N4CC[C@H](NC5CCC5)C4)nn3)cc2F)cnn1. The van der Waals surface area contributed by atoms with Crippen molar-refractivity contribution in [3.05, 3.63) is 42.3 Å². The standard InChI is InChI=1S/C23H25FN6O2/c1-32-23-9-14(12-25-29-23)17-11-21(31)18(10-19(17)24)20-5-6-22(28-27-20)30-8-7-16(13-30)26-15-3-2-4-15/h5-6,9-12,15-16,26,31H,2-4,7-8,13H2,1H3/t16-/m0/s1. The molecule has 0 spiro atoms. The molecule has 3 heterocycles. The van der Waals surface area contributed by atoms with E-state index in [1.54, 1.807) is 12.1 Å². The van der Waals surface area contributed by atoms with E-state index in [1.165, 1.54) is 44.7 Å². The second-order valence-electron chi connectivity index (χ2n) is 8.34. The minimum Gasteiger partial charge on any atom is -0.507 e. The lowest BCUT2D eigenvalue weighted by Crippen LogP contribution is -2.43. The summed E-state index contributed by atoms with van der Waals surface area (Å²) in [6, 6.07) is 8.95. The van der Waals surface area contributed by atoms with E-state index in [0.29, 0.717) is 23.3 Å². The number of ether oxygens (including phenoxy) is 1. The van der Waals surface area contributed by atoms with Crippen LogP contribution < -0.4 is 15.0 Å². The number of methoxy groups -OCH3 is 1. The Kier molecular flexibility index (Phi) is 5.57. The van der Waals surface area contributed by atoms with Gasteiger partial charge in [-0.2, -0.15) is 5.10 Å². The molecule has 1 aliphatic heterocycles. The fourth-order valence-corrected chi connectivity index (χ4v) is 4.23. The van der Waals surface area contributed by atoms with Crippen LogP contribution in [0, 0.1) is 5.82 Å². The Hall–Kier alpha value is -3.33. The molecule has 32 heavy (non-hydrogen) atoms. The number of rotatable bonds is 6. The molecule has 9 heteroatoms. The second-order valence-corrected chi connectivity index (χ2v) is 8.34. The molecule has 0 amide bonds. The Balaban J connectivity index is 1.33. The zero-order valence-electron chi connectivity index (χ0n) is 17.8. The third-order valence-electron chi connectivity index (χ3n) is 6.25. The first-order valence-corrected chi connectivity index (χ1v) is 10.9. The van der Waals surface area contributed by atoms with E-state index in [4.69, 9.17) is 4.74 Å². The molecule has 2 aromatic heterocycles. The fraction of sp³-hybridized carbons (Fsp3) is 0.391. The zero-order valence-corrected chi connectivity index (χ0v) is 17.8. The van der Waals surface area contributed by atoms with Crippen LogP contribution in [0.15, 0.2) is 36.5 Å². The second kappa shape index (κ2) is 8.66. The van der Waals surface area contributed by atoms with Crippen molar-refractivity contribution < 1.29 is 14.2 Å². The predicted octanol–water partition coefficient (Wildman–Crippen LogP) is 3.17. The van der Waals surface area contributed by atoms with Crippen LogP contribution in [0.4, 0.5) is 10.2 Å². The van der Waals surface area contributed by atoms with Crippen molar-refractivity contribution in [1.82, 2.24) is 25.7 Å². The molecule has 8 nitrogen and oxygen atoms in total. The summed E-state index contributed by atoms with van der Waals surface area (Å²) in [6.45, 7) is 1.83. The summed E-state index contributed by atoms with van der Waals surface area (Å²) in [4.78, 5) is 2.21. The van der Waals surface area contributed by atoms with E-state index in [9.17, 15) is 9.50 Å². The average molecular weight is 436 g/mol. The smallest absolute Gasteiger partial charge is 0.233 e. The van der Waals surface area contributed by atoms with Crippen molar-refractivity contribution >= 4 is 5.82 Å². The fourth-order valence-electron chi connectivity index (χ4n) is 4.23. The van der Waals surface area contributed by atoms with Gasteiger partial charge < -0.3 is 20.1 Å². The van der Waals surface area contributed by atoms with Crippen LogP contribution >= 0.6 is 0 Å². The van der Waals surface area contributed by atoms with Crippen molar-refractivity contribution in [2.75, 3.05) is 25.1 Å². The summed E-state index contributed by atoms with van der Waals surface area (Å²) in [6.07, 6.45) is 6.37. The Morgan fingerprint density at radius 1 is 1.06 bits per heavy atom. The molecule has 2 fully saturated rings. The number of phenolic OH excluding ortho intramolecular Hbond substituents is 1. The molecule has 5 rings (SSSR count). The van der Waals surface area contributed by atoms with E-state index in [2.05, 4.69) is 30.6 Å². The summed E-state index contributed by atoms with van der Waals surface area (Å²) in [5.41, 5.74) is 1.35. The maximum Gasteiger partial charge on any atom is 0.233 e.